The lowest BCUT2D eigenvalue weighted by Crippen LogP contribution is -2.20. The summed E-state index contributed by atoms with van der Waals surface area (Å²) >= 11 is 1.29. The maximum absolute atomic E-state index is 12.4. The van der Waals surface area contributed by atoms with Crippen molar-refractivity contribution in [3.63, 3.8) is 0 Å². The Kier molecular flexibility index (Phi) is 7.80. The number of nitrogens with zero attached hydrogens (tertiary/aromatic N) is 5. The largest absolute Gasteiger partial charge is 0.497 e. The molecule has 0 unspecified atom stereocenters. The Morgan fingerprint density at radius 1 is 1.08 bits per heavy atom. The van der Waals surface area contributed by atoms with Crippen LogP contribution in [0.4, 0.5) is 0 Å². The van der Waals surface area contributed by atoms with Crippen LogP contribution in [0.15, 0.2) is 83.3 Å². The van der Waals surface area contributed by atoms with Gasteiger partial charge in [-0.2, -0.15) is 5.10 Å². The molecule has 0 saturated carbocycles. The van der Waals surface area contributed by atoms with E-state index in [9.17, 15) is 4.79 Å². The van der Waals surface area contributed by atoms with Gasteiger partial charge in [-0.15, -0.1) is 10.2 Å². The fraction of sp³-hybridized carbons (Fsp3) is 0.222. The molecule has 4 aromatic rings. The van der Waals surface area contributed by atoms with Crippen molar-refractivity contribution in [3.8, 4) is 22.8 Å². The minimum atomic E-state index is -0.250. The number of carbonyl (C=O) groups excluding carboxylic acids is 1. The zero-order chi connectivity index (χ0) is 25.5. The van der Waals surface area contributed by atoms with Gasteiger partial charge in [0.05, 0.1) is 19.1 Å². The summed E-state index contributed by atoms with van der Waals surface area (Å²) in [4.78, 5) is 16.4. The monoisotopic (exact) mass is 500 g/mol. The van der Waals surface area contributed by atoms with E-state index in [-0.39, 0.29) is 17.1 Å². The lowest BCUT2D eigenvalue weighted by Gasteiger charge is -2.19. The second kappa shape index (κ2) is 11.2. The predicted octanol–water partition coefficient (Wildman–Crippen LogP) is 4.88. The van der Waals surface area contributed by atoms with E-state index in [4.69, 9.17) is 4.74 Å². The van der Waals surface area contributed by atoms with Crippen LogP contribution in [0.1, 0.15) is 31.9 Å². The van der Waals surface area contributed by atoms with E-state index in [1.54, 1.807) is 31.8 Å². The topological polar surface area (TPSA) is 94.3 Å². The van der Waals surface area contributed by atoms with Crippen LogP contribution in [-0.4, -0.2) is 44.7 Å². The lowest BCUT2D eigenvalue weighted by atomic mass is 9.87. The molecule has 0 radical (unpaired) electrons. The number of hydrogen-bond acceptors (Lipinski definition) is 7. The minimum Gasteiger partial charge on any atom is -0.497 e. The smallest absolute Gasteiger partial charge is 0.250 e. The first-order chi connectivity index (χ1) is 17.3. The van der Waals surface area contributed by atoms with Gasteiger partial charge in [0.2, 0.25) is 0 Å². The molecule has 0 aliphatic rings. The molecule has 0 spiro atoms. The SMILES string of the molecule is COc1ccc(-n2c(SCC(=O)NN=Cc3cccnc3)nnc2-c2ccc(C(C)(C)C)cc2)cc1. The molecule has 36 heavy (non-hydrogen) atoms. The first kappa shape index (κ1) is 25.1. The molecule has 0 saturated heterocycles. The highest BCUT2D eigenvalue weighted by molar-refractivity contribution is 7.99. The minimum absolute atomic E-state index is 0.0517. The van der Waals surface area contributed by atoms with Crippen molar-refractivity contribution in [2.45, 2.75) is 31.3 Å². The second-order valence-electron chi connectivity index (χ2n) is 9.04. The molecule has 184 valence electrons. The molecule has 8 nitrogen and oxygen atoms in total. The summed E-state index contributed by atoms with van der Waals surface area (Å²) in [5.41, 5.74) is 6.43. The van der Waals surface area contributed by atoms with E-state index >= 15 is 0 Å². The van der Waals surface area contributed by atoms with Crippen LogP contribution < -0.4 is 10.2 Å². The number of rotatable bonds is 8. The van der Waals surface area contributed by atoms with Crippen molar-refractivity contribution >= 4 is 23.9 Å². The van der Waals surface area contributed by atoms with Crippen LogP contribution in [0.25, 0.3) is 17.1 Å². The number of nitrogens with one attached hydrogen (secondary N) is 1. The molecular weight excluding hydrogens is 472 g/mol. The van der Waals surface area contributed by atoms with Gasteiger partial charge in [0.25, 0.3) is 5.91 Å². The fourth-order valence-electron chi connectivity index (χ4n) is 3.43. The third kappa shape index (κ3) is 6.17. The Morgan fingerprint density at radius 2 is 1.83 bits per heavy atom. The summed E-state index contributed by atoms with van der Waals surface area (Å²) in [5, 5.41) is 13.5. The number of ether oxygens (including phenoxy) is 1. The van der Waals surface area contributed by atoms with Crippen LogP contribution >= 0.6 is 11.8 Å². The third-order valence-corrected chi connectivity index (χ3v) is 6.32. The molecule has 0 bridgehead atoms. The number of pyridine rings is 1. The number of methoxy groups -OCH3 is 1. The van der Waals surface area contributed by atoms with Crippen LogP contribution in [0.2, 0.25) is 0 Å². The van der Waals surface area contributed by atoms with E-state index in [1.165, 1.54) is 17.3 Å². The molecule has 2 aromatic heterocycles. The van der Waals surface area contributed by atoms with Gasteiger partial charge >= 0.3 is 0 Å². The summed E-state index contributed by atoms with van der Waals surface area (Å²) in [6.45, 7) is 6.55. The molecule has 0 atom stereocenters. The van der Waals surface area contributed by atoms with Gasteiger partial charge < -0.3 is 4.74 Å². The number of hydrogen-bond donors (Lipinski definition) is 1. The number of thioether (sulfide) groups is 1. The number of aromatic nitrogens is 4. The molecule has 0 aliphatic carbocycles. The Balaban J connectivity index is 1.56. The van der Waals surface area contributed by atoms with E-state index in [0.29, 0.717) is 11.0 Å². The molecule has 9 heteroatoms. The number of benzene rings is 2. The van der Waals surface area contributed by atoms with Gasteiger partial charge in [-0.1, -0.05) is 62.9 Å². The highest BCUT2D eigenvalue weighted by atomic mass is 32.2. The standard InChI is InChI=1S/C27H28N6O2S/c1-27(2,3)21-9-7-20(8-10-21)25-31-32-26(33(25)22-11-13-23(35-4)14-12-22)36-18-24(34)30-29-17-19-6-5-15-28-16-19/h5-17H,18H2,1-4H3,(H,30,34). The molecule has 1 amide bonds. The van der Waals surface area contributed by atoms with Crippen LogP contribution in [0, 0.1) is 0 Å². The average molecular weight is 501 g/mol. The predicted molar refractivity (Wildman–Crippen MR) is 143 cm³/mol. The van der Waals surface area contributed by atoms with Gasteiger partial charge in [0, 0.05) is 29.2 Å². The molecular formula is C27H28N6O2S. The zero-order valence-corrected chi connectivity index (χ0v) is 21.5. The Labute approximate surface area is 214 Å². The van der Waals surface area contributed by atoms with Gasteiger partial charge in [-0.25, -0.2) is 5.43 Å². The van der Waals surface area contributed by atoms with Crippen LogP contribution in [-0.2, 0) is 10.2 Å². The Bertz CT molecular complexity index is 1330. The van der Waals surface area contributed by atoms with E-state index in [0.717, 1.165) is 22.6 Å². The normalized spacial score (nSPS) is 11.6. The van der Waals surface area contributed by atoms with E-state index in [2.05, 4.69) is 70.7 Å². The van der Waals surface area contributed by atoms with Crippen LogP contribution in [0.3, 0.4) is 0 Å². The molecule has 2 heterocycles. The summed E-state index contributed by atoms with van der Waals surface area (Å²) in [7, 11) is 1.63. The molecule has 4 rings (SSSR count). The number of carbonyl (C=O) groups is 1. The maximum atomic E-state index is 12.4. The number of amides is 1. The average Bonchev–Trinajstić information content (AvgIpc) is 3.31. The van der Waals surface area contributed by atoms with Gasteiger partial charge in [0.15, 0.2) is 11.0 Å². The summed E-state index contributed by atoms with van der Waals surface area (Å²) in [6.07, 6.45) is 4.89. The van der Waals surface area contributed by atoms with Crippen LogP contribution in [0.5, 0.6) is 5.75 Å². The maximum Gasteiger partial charge on any atom is 0.250 e. The van der Waals surface area contributed by atoms with Crippen molar-refractivity contribution in [1.29, 1.82) is 0 Å². The summed E-state index contributed by atoms with van der Waals surface area (Å²) in [6, 6.07) is 19.6. The molecule has 2 aromatic carbocycles. The van der Waals surface area contributed by atoms with Crippen molar-refractivity contribution in [1.82, 2.24) is 25.2 Å². The van der Waals surface area contributed by atoms with Gasteiger partial charge in [-0.3, -0.25) is 14.3 Å². The fourth-order valence-corrected chi connectivity index (χ4v) is 4.17. The molecule has 1 N–H and O–H groups in total. The van der Waals surface area contributed by atoms with Gasteiger partial charge in [-0.05, 0) is 41.3 Å². The second-order valence-corrected chi connectivity index (χ2v) is 9.98. The molecule has 0 aliphatic heterocycles. The zero-order valence-electron chi connectivity index (χ0n) is 20.7. The highest BCUT2D eigenvalue weighted by Gasteiger charge is 2.19. The number of hydrazone groups is 1. The lowest BCUT2D eigenvalue weighted by molar-refractivity contribution is -0.118. The molecule has 0 fully saturated rings. The van der Waals surface area contributed by atoms with Crippen molar-refractivity contribution < 1.29 is 9.53 Å². The Morgan fingerprint density at radius 3 is 2.47 bits per heavy atom. The summed E-state index contributed by atoms with van der Waals surface area (Å²) < 4.78 is 7.26. The first-order valence-corrected chi connectivity index (χ1v) is 12.4. The Hall–Kier alpha value is -3.98. The van der Waals surface area contributed by atoms with E-state index in [1.807, 2.05) is 34.9 Å². The third-order valence-electron chi connectivity index (χ3n) is 5.39. The quantitative estimate of drug-likeness (QED) is 0.211. The highest BCUT2D eigenvalue weighted by Crippen LogP contribution is 2.30. The van der Waals surface area contributed by atoms with E-state index < -0.39 is 0 Å². The van der Waals surface area contributed by atoms with Crippen molar-refractivity contribution in [2.24, 2.45) is 5.10 Å². The van der Waals surface area contributed by atoms with Crippen molar-refractivity contribution in [3.05, 3.63) is 84.2 Å². The van der Waals surface area contributed by atoms with Gasteiger partial charge in [0.1, 0.15) is 5.75 Å². The first-order valence-electron chi connectivity index (χ1n) is 11.4. The van der Waals surface area contributed by atoms with Crippen molar-refractivity contribution in [2.75, 3.05) is 12.9 Å². The summed E-state index contributed by atoms with van der Waals surface area (Å²) in [5.74, 6) is 1.32.